The van der Waals surface area contributed by atoms with E-state index in [0.29, 0.717) is 11.4 Å². The molecule has 0 bridgehead atoms. The van der Waals surface area contributed by atoms with Crippen molar-refractivity contribution in [2.24, 2.45) is 0 Å². The maximum atomic E-state index is 12.5. The van der Waals surface area contributed by atoms with Crippen LogP contribution in [0.1, 0.15) is 0 Å². The van der Waals surface area contributed by atoms with Gasteiger partial charge in [-0.2, -0.15) is 0 Å². The van der Waals surface area contributed by atoms with Gasteiger partial charge >= 0.3 is 0 Å². The number of benzene rings is 3. The summed E-state index contributed by atoms with van der Waals surface area (Å²) in [6.45, 7) is 0. The zero-order chi connectivity index (χ0) is 15.7. The average molecular weight is 377 g/mol. The average Bonchev–Trinajstić information content (AvgIpc) is 2.51. The molecule has 0 aliphatic heterocycles. The fourth-order valence-electron chi connectivity index (χ4n) is 2.20. The van der Waals surface area contributed by atoms with E-state index in [0.717, 1.165) is 15.2 Å². The number of sulfonamides is 1. The summed E-state index contributed by atoms with van der Waals surface area (Å²) >= 11 is 3.47. The first-order chi connectivity index (χ1) is 10.5. The van der Waals surface area contributed by atoms with Crippen LogP contribution in [0.4, 0.5) is 11.4 Å². The van der Waals surface area contributed by atoms with E-state index in [4.69, 9.17) is 5.73 Å². The maximum Gasteiger partial charge on any atom is 0.261 e. The van der Waals surface area contributed by atoms with Gasteiger partial charge in [0.05, 0.1) is 10.6 Å². The molecule has 0 aliphatic rings. The quantitative estimate of drug-likeness (QED) is 0.678. The highest BCUT2D eigenvalue weighted by Gasteiger charge is 2.15. The molecule has 0 aliphatic carbocycles. The molecule has 4 nitrogen and oxygen atoms in total. The molecule has 112 valence electrons. The molecule has 0 atom stereocenters. The fourth-order valence-corrected chi connectivity index (χ4v) is 3.76. The summed E-state index contributed by atoms with van der Waals surface area (Å²) in [4.78, 5) is 0.175. The molecule has 0 spiro atoms. The number of hydrogen-bond acceptors (Lipinski definition) is 3. The molecule has 6 heteroatoms. The van der Waals surface area contributed by atoms with Crippen molar-refractivity contribution in [3.8, 4) is 0 Å². The highest BCUT2D eigenvalue weighted by Crippen LogP contribution is 2.31. The summed E-state index contributed by atoms with van der Waals surface area (Å²) in [6, 6.07) is 17.2. The number of rotatable bonds is 3. The predicted molar refractivity (Wildman–Crippen MR) is 93.3 cm³/mol. The summed E-state index contributed by atoms with van der Waals surface area (Å²) in [5.41, 5.74) is 6.65. The molecule has 3 aromatic rings. The Balaban J connectivity index is 2.06. The highest BCUT2D eigenvalue weighted by molar-refractivity contribution is 9.10. The smallest absolute Gasteiger partial charge is 0.261 e. The minimum Gasteiger partial charge on any atom is -0.399 e. The van der Waals surface area contributed by atoms with Crippen molar-refractivity contribution in [2.75, 3.05) is 10.5 Å². The highest BCUT2D eigenvalue weighted by atomic mass is 79.9. The van der Waals surface area contributed by atoms with Crippen LogP contribution in [0, 0.1) is 0 Å². The van der Waals surface area contributed by atoms with Crippen LogP contribution in [0.5, 0.6) is 0 Å². The van der Waals surface area contributed by atoms with Crippen LogP contribution >= 0.6 is 15.9 Å². The van der Waals surface area contributed by atoms with Crippen LogP contribution in [-0.2, 0) is 10.0 Å². The Morgan fingerprint density at radius 3 is 2.18 bits per heavy atom. The van der Waals surface area contributed by atoms with E-state index in [2.05, 4.69) is 20.7 Å². The van der Waals surface area contributed by atoms with Gasteiger partial charge in [-0.25, -0.2) is 8.42 Å². The lowest BCUT2D eigenvalue weighted by Gasteiger charge is -2.12. The van der Waals surface area contributed by atoms with Crippen LogP contribution in [-0.4, -0.2) is 8.42 Å². The van der Waals surface area contributed by atoms with Crippen molar-refractivity contribution in [3.05, 3.63) is 65.1 Å². The third-order valence-electron chi connectivity index (χ3n) is 3.31. The van der Waals surface area contributed by atoms with Gasteiger partial charge in [0, 0.05) is 15.5 Å². The van der Waals surface area contributed by atoms with Crippen molar-refractivity contribution in [1.82, 2.24) is 0 Å². The Labute approximate surface area is 137 Å². The zero-order valence-electron chi connectivity index (χ0n) is 11.5. The van der Waals surface area contributed by atoms with E-state index in [1.807, 2.05) is 30.3 Å². The van der Waals surface area contributed by atoms with E-state index < -0.39 is 10.0 Å². The molecule has 0 saturated heterocycles. The van der Waals surface area contributed by atoms with Gasteiger partial charge in [0.1, 0.15) is 0 Å². The number of nitrogens with one attached hydrogen (secondary N) is 1. The second kappa shape index (κ2) is 5.62. The third kappa shape index (κ3) is 2.80. The Kier molecular flexibility index (Phi) is 3.80. The van der Waals surface area contributed by atoms with Crippen LogP contribution in [0.2, 0.25) is 0 Å². The first kappa shape index (κ1) is 14.9. The molecule has 3 aromatic carbocycles. The van der Waals surface area contributed by atoms with Crippen LogP contribution in [0.15, 0.2) is 70.0 Å². The third-order valence-corrected chi connectivity index (χ3v) is 5.38. The Morgan fingerprint density at radius 1 is 0.864 bits per heavy atom. The molecule has 3 N–H and O–H groups in total. The molecular formula is C16H13BrN2O2S. The van der Waals surface area contributed by atoms with Gasteiger partial charge in [0.25, 0.3) is 10.0 Å². The summed E-state index contributed by atoms with van der Waals surface area (Å²) in [5.74, 6) is 0. The van der Waals surface area contributed by atoms with E-state index >= 15 is 0 Å². The number of halogens is 1. The second-order valence-corrected chi connectivity index (χ2v) is 7.35. The summed E-state index contributed by atoms with van der Waals surface area (Å²) in [6.07, 6.45) is 0. The monoisotopic (exact) mass is 376 g/mol. The lowest BCUT2D eigenvalue weighted by Crippen LogP contribution is -2.13. The fraction of sp³-hybridized carbons (Fsp3) is 0. The molecule has 3 rings (SSSR count). The molecule has 0 fully saturated rings. The van der Waals surface area contributed by atoms with E-state index in [9.17, 15) is 8.42 Å². The molecular weight excluding hydrogens is 364 g/mol. The molecule has 0 aromatic heterocycles. The number of nitrogen functional groups attached to an aromatic ring is 1. The molecule has 0 amide bonds. The first-order valence-corrected chi connectivity index (χ1v) is 8.80. The Morgan fingerprint density at radius 2 is 1.50 bits per heavy atom. The minimum atomic E-state index is -3.66. The largest absolute Gasteiger partial charge is 0.399 e. The number of anilines is 2. The molecule has 0 unspecified atom stereocenters. The van der Waals surface area contributed by atoms with E-state index in [1.54, 1.807) is 18.2 Å². The summed E-state index contributed by atoms with van der Waals surface area (Å²) in [5, 5.41) is 1.77. The van der Waals surface area contributed by atoms with E-state index in [1.165, 1.54) is 12.1 Å². The van der Waals surface area contributed by atoms with Gasteiger partial charge in [-0.15, -0.1) is 0 Å². The predicted octanol–water partition coefficient (Wildman–Crippen LogP) is 3.99. The van der Waals surface area contributed by atoms with Gasteiger partial charge in [0.15, 0.2) is 0 Å². The van der Waals surface area contributed by atoms with Crippen molar-refractivity contribution in [3.63, 3.8) is 0 Å². The molecule has 0 saturated carbocycles. The zero-order valence-corrected chi connectivity index (χ0v) is 13.9. The molecule has 22 heavy (non-hydrogen) atoms. The first-order valence-electron chi connectivity index (χ1n) is 6.53. The SMILES string of the molecule is Nc1ccc(S(=O)(=O)Nc2ccc(Br)c3ccccc23)cc1. The minimum absolute atomic E-state index is 0.175. The van der Waals surface area contributed by atoms with Crippen LogP contribution in [0.25, 0.3) is 10.8 Å². The standard InChI is InChI=1S/C16H13BrN2O2S/c17-15-9-10-16(14-4-2-1-3-13(14)15)19-22(20,21)12-7-5-11(18)6-8-12/h1-10,19H,18H2. The molecule has 0 heterocycles. The number of fused-ring (bicyclic) bond motifs is 1. The van der Waals surface area contributed by atoms with Crippen molar-refractivity contribution >= 4 is 48.1 Å². The van der Waals surface area contributed by atoms with Crippen molar-refractivity contribution < 1.29 is 8.42 Å². The topological polar surface area (TPSA) is 72.2 Å². The van der Waals surface area contributed by atoms with Crippen LogP contribution < -0.4 is 10.5 Å². The van der Waals surface area contributed by atoms with Gasteiger partial charge in [-0.1, -0.05) is 40.2 Å². The van der Waals surface area contributed by atoms with Crippen LogP contribution in [0.3, 0.4) is 0 Å². The van der Waals surface area contributed by atoms with Crippen molar-refractivity contribution in [1.29, 1.82) is 0 Å². The normalized spacial score (nSPS) is 11.5. The van der Waals surface area contributed by atoms with Gasteiger partial charge in [-0.05, 0) is 41.8 Å². The summed E-state index contributed by atoms with van der Waals surface area (Å²) < 4.78 is 28.5. The number of nitrogens with two attached hydrogens (primary N) is 1. The summed E-state index contributed by atoms with van der Waals surface area (Å²) in [7, 11) is -3.66. The van der Waals surface area contributed by atoms with Gasteiger partial charge in [-0.3, -0.25) is 4.72 Å². The van der Waals surface area contributed by atoms with Gasteiger partial charge in [0.2, 0.25) is 0 Å². The Bertz CT molecular complexity index is 938. The lowest BCUT2D eigenvalue weighted by molar-refractivity contribution is 0.601. The van der Waals surface area contributed by atoms with E-state index in [-0.39, 0.29) is 4.90 Å². The Hall–Kier alpha value is -2.05. The maximum absolute atomic E-state index is 12.5. The lowest BCUT2D eigenvalue weighted by atomic mass is 10.1. The van der Waals surface area contributed by atoms with Gasteiger partial charge < -0.3 is 5.73 Å². The molecule has 0 radical (unpaired) electrons. The van der Waals surface area contributed by atoms with Crippen molar-refractivity contribution in [2.45, 2.75) is 4.90 Å². The second-order valence-electron chi connectivity index (χ2n) is 4.82. The number of hydrogen-bond donors (Lipinski definition) is 2.